The molecule has 0 aliphatic carbocycles. The van der Waals surface area contributed by atoms with Crippen molar-refractivity contribution in [3.63, 3.8) is 0 Å². The molecule has 108 valence electrons. The number of benzene rings is 1. The molecular formula is C14H18N2O4. The van der Waals surface area contributed by atoms with Crippen molar-refractivity contribution >= 4 is 29.2 Å². The molecule has 0 heterocycles. The van der Waals surface area contributed by atoms with Gasteiger partial charge in [-0.2, -0.15) is 0 Å². The van der Waals surface area contributed by atoms with Crippen LogP contribution >= 0.6 is 0 Å². The Bertz CT molecular complexity index is 494. The van der Waals surface area contributed by atoms with Crippen LogP contribution in [0.25, 0.3) is 0 Å². The molecule has 6 nitrogen and oxygen atoms in total. The van der Waals surface area contributed by atoms with Gasteiger partial charge in [-0.1, -0.05) is 13.8 Å². The van der Waals surface area contributed by atoms with E-state index in [0.717, 1.165) is 0 Å². The second-order valence-corrected chi connectivity index (χ2v) is 4.57. The summed E-state index contributed by atoms with van der Waals surface area (Å²) in [6, 6.07) is 6.62. The second-order valence-electron chi connectivity index (χ2n) is 4.57. The second kappa shape index (κ2) is 7.28. The lowest BCUT2D eigenvalue weighted by atomic mass is 10.2. The van der Waals surface area contributed by atoms with Crippen LogP contribution in [0, 0.1) is 5.92 Å². The molecule has 0 unspecified atom stereocenters. The maximum absolute atomic E-state index is 11.5. The summed E-state index contributed by atoms with van der Waals surface area (Å²) in [6.45, 7) is 4.49. The number of ether oxygens (including phenoxy) is 1. The van der Waals surface area contributed by atoms with Crippen LogP contribution in [0.15, 0.2) is 24.3 Å². The van der Waals surface area contributed by atoms with E-state index in [-0.39, 0.29) is 18.4 Å². The Morgan fingerprint density at radius 1 is 1.05 bits per heavy atom. The van der Waals surface area contributed by atoms with E-state index in [0.29, 0.717) is 11.4 Å². The van der Waals surface area contributed by atoms with Crippen LogP contribution in [0.1, 0.15) is 20.8 Å². The van der Waals surface area contributed by atoms with Crippen molar-refractivity contribution in [2.45, 2.75) is 20.8 Å². The van der Waals surface area contributed by atoms with Crippen LogP contribution in [-0.2, 0) is 19.1 Å². The summed E-state index contributed by atoms with van der Waals surface area (Å²) in [5.41, 5.74) is 1.20. The van der Waals surface area contributed by atoms with Gasteiger partial charge >= 0.3 is 5.97 Å². The molecular weight excluding hydrogens is 260 g/mol. The van der Waals surface area contributed by atoms with Gasteiger partial charge in [0.2, 0.25) is 5.91 Å². The molecule has 6 heteroatoms. The van der Waals surface area contributed by atoms with Crippen molar-refractivity contribution in [1.82, 2.24) is 0 Å². The van der Waals surface area contributed by atoms with Crippen LogP contribution in [0.2, 0.25) is 0 Å². The van der Waals surface area contributed by atoms with E-state index in [2.05, 4.69) is 10.6 Å². The van der Waals surface area contributed by atoms with Crippen molar-refractivity contribution in [3.8, 4) is 0 Å². The van der Waals surface area contributed by atoms with Crippen molar-refractivity contribution < 1.29 is 19.1 Å². The number of carbonyl (C=O) groups excluding carboxylic acids is 3. The molecule has 0 saturated heterocycles. The molecule has 1 aromatic rings. The van der Waals surface area contributed by atoms with E-state index in [1.54, 1.807) is 38.1 Å². The van der Waals surface area contributed by atoms with Gasteiger partial charge in [-0.25, -0.2) is 0 Å². The first-order valence-electron chi connectivity index (χ1n) is 6.22. The quantitative estimate of drug-likeness (QED) is 0.804. The van der Waals surface area contributed by atoms with E-state index in [9.17, 15) is 14.4 Å². The zero-order valence-electron chi connectivity index (χ0n) is 11.7. The molecule has 2 N–H and O–H groups in total. The predicted octanol–water partition coefficient (Wildman–Crippen LogP) is 1.78. The number of hydrogen-bond acceptors (Lipinski definition) is 4. The summed E-state index contributed by atoms with van der Waals surface area (Å²) in [7, 11) is 0. The topological polar surface area (TPSA) is 84.5 Å². The van der Waals surface area contributed by atoms with Gasteiger partial charge in [-0.15, -0.1) is 0 Å². The fourth-order valence-electron chi connectivity index (χ4n) is 1.34. The highest BCUT2D eigenvalue weighted by Gasteiger charge is 2.11. The molecule has 0 saturated carbocycles. The molecule has 0 bridgehead atoms. The monoisotopic (exact) mass is 278 g/mol. The lowest BCUT2D eigenvalue weighted by molar-refractivity contribution is -0.150. The Morgan fingerprint density at radius 3 is 2.00 bits per heavy atom. The molecule has 1 rings (SSSR count). The van der Waals surface area contributed by atoms with Crippen molar-refractivity contribution in [3.05, 3.63) is 24.3 Å². The summed E-state index contributed by atoms with van der Waals surface area (Å²) >= 11 is 0. The number of amides is 2. The van der Waals surface area contributed by atoms with E-state index in [1.807, 2.05) is 0 Å². The average Bonchev–Trinajstić information content (AvgIpc) is 2.37. The summed E-state index contributed by atoms with van der Waals surface area (Å²) in [5.74, 6) is -1.26. The third-order valence-electron chi connectivity index (χ3n) is 2.31. The number of rotatable bonds is 5. The van der Waals surface area contributed by atoms with Gasteiger partial charge in [0.05, 0.1) is 5.92 Å². The maximum Gasteiger partial charge on any atom is 0.308 e. The first kappa shape index (κ1) is 15.7. The number of hydrogen-bond donors (Lipinski definition) is 2. The largest absolute Gasteiger partial charge is 0.455 e. The van der Waals surface area contributed by atoms with E-state index >= 15 is 0 Å². The van der Waals surface area contributed by atoms with Gasteiger partial charge in [0.15, 0.2) is 6.61 Å². The standard InChI is InChI=1S/C14H18N2O4/c1-9(2)14(19)20-8-13(18)16-12-6-4-11(5-7-12)15-10(3)17/h4-7,9H,8H2,1-3H3,(H,15,17)(H,16,18). The molecule has 1 aromatic carbocycles. The Labute approximate surface area is 117 Å². The highest BCUT2D eigenvalue weighted by atomic mass is 16.5. The van der Waals surface area contributed by atoms with Crippen LogP contribution in [-0.4, -0.2) is 24.4 Å². The molecule has 2 amide bonds. The number of nitrogens with one attached hydrogen (secondary N) is 2. The van der Waals surface area contributed by atoms with Gasteiger partial charge in [-0.3, -0.25) is 14.4 Å². The number of esters is 1. The number of carbonyl (C=O) groups is 3. The van der Waals surface area contributed by atoms with E-state index < -0.39 is 11.9 Å². The highest BCUT2D eigenvalue weighted by molar-refractivity contribution is 5.93. The van der Waals surface area contributed by atoms with Gasteiger partial charge in [0.25, 0.3) is 5.91 Å². The molecule has 0 radical (unpaired) electrons. The minimum atomic E-state index is -0.416. The molecule has 0 fully saturated rings. The first-order chi connectivity index (χ1) is 9.38. The zero-order valence-corrected chi connectivity index (χ0v) is 11.7. The fraction of sp³-hybridized carbons (Fsp3) is 0.357. The summed E-state index contributed by atoms with van der Waals surface area (Å²) in [5, 5.41) is 5.20. The smallest absolute Gasteiger partial charge is 0.308 e. The minimum absolute atomic E-state index is 0.164. The fourth-order valence-corrected chi connectivity index (χ4v) is 1.34. The Balaban J connectivity index is 2.46. The third-order valence-corrected chi connectivity index (χ3v) is 2.31. The summed E-state index contributed by atoms with van der Waals surface area (Å²) in [6.07, 6.45) is 0. The third kappa shape index (κ3) is 5.51. The maximum atomic E-state index is 11.5. The molecule has 0 aliphatic heterocycles. The van der Waals surface area contributed by atoms with E-state index in [4.69, 9.17) is 4.74 Å². The SMILES string of the molecule is CC(=O)Nc1ccc(NC(=O)COC(=O)C(C)C)cc1. The van der Waals surface area contributed by atoms with Gasteiger partial charge in [-0.05, 0) is 24.3 Å². The van der Waals surface area contributed by atoms with Crippen LogP contribution in [0.5, 0.6) is 0 Å². The van der Waals surface area contributed by atoms with Crippen LogP contribution in [0.4, 0.5) is 11.4 Å². The molecule has 0 aliphatic rings. The molecule has 0 aromatic heterocycles. The van der Waals surface area contributed by atoms with Crippen molar-refractivity contribution in [2.75, 3.05) is 17.2 Å². The zero-order chi connectivity index (χ0) is 15.1. The number of anilines is 2. The van der Waals surface area contributed by atoms with Gasteiger partial charge < -0.3 is 15.4 Å². The average molecular weight is 278 g/mol. The van der Waals surface area contributed by atoms with Crippen LogP contribution < -0.4 is 10.6 Å². The van der Waals surface area contributed by atoms with E-state index in [1.165, 1.54) is 6.92 Å². The highest BCUT2D eigenvalue weighted by Crippen LogP contribution is 2.13. The minimum Gasteiger partial charge on any atom is -0.455 e. The normalized spacial score (nSPS) is 10.0. The van der Waals surface area contributed by atoms with Crippen LogP contribution in [0.3, 0.4) is 0 Å². The Hall–Kier alpha value is -2.37. The first-order valence-corrected chi connectivity index (χ1v) is 6.22. The molecule has 0 atom stereocenters. The van der Waals surface area contributed by atoms with Crippen molar-refractivity contribution in [2.24, 2.45) is 5.92 Å². The summed E-state index contributed by atoms with van der Waals surface area (Å²) < 4.78 is 4.81. The van der Waals surface area contributed by atoms with Gasteiger partial charge in [0, 0.05) is 18.3 Å². The predicted molar refractivity (Wildman–Crippen MR) is 75.2 cm³/mol. The van der Waals surface area contributed by atoms with Crippen molar-refractivity contribution in [1.29, 1.82) is 0 Å². The molecule has 0 spiro atoms. The molecule has 20 heavy (non-hydrogen) atoms. The van der Waals surface area contributed by atoms with Gasteiger partial charge in [0.1, 0.15) is 0 Å². The summed E-state index contributed by atoms with van der Waals surface area (Å²) in [4.78, 5) is 33.6. The Morgan fingerprint density at radius 2 is 1.55 bits per heavy atom. The lowest BCUT2D eigenvalue weighted by Gasteiger charge is -2.08. The lowest BCUT2D eigenvalue weighted by Crippen LogP contribution is -2.22. The Kier molecular flexibility index (Phi) is 5.71.